The van der Waals surface area contributed by atoms with Crippen molar-refractivity contribution in [1.29, 1.82) is 5.26 Å². The summed E-state index contributed by atoms with van der Waals surface area (Å²) >= 11 is 0. The first-order valence-corrected chi connectivity index (χ1v) is 5.96. The van der Waals surface area contributed by atoms with E-state index in [0.717, 1.165) is 19.3 Å². The van der Waals surface area contributed by atoms with E-state index in [1.54, 1.807) is 12.1 Å². The van der Waals surface area contributed by atoms with Gasteiger partial charge in [-0.25, -0.2) is 4.39 Å². The number of benzene rings is 1. The number of nitriles is 1. The molecule has 0 aliphatic rings. The van der Waals surface area contributed by atoms with Gasteiger partial charge in [-0.15, -0.1) is 0 Å². The molecule has 0 spiro atoms. The van der Waals surface area contributed by atoms with Crippen molar-refractivity contribution in [3.63, 3.8) is 0 Å². The molecule has 1 N–H and O–H groups in total. The molecule has 2 nitrogen and oxygen atoms in total. The highest BCUT2D eigenvalue weighted by atomic mass is 19.1. The molecule has 0 saturated heterocycles. The van der Waals surface area contributed by atoms with Crippen molar-refractivity contribution >= 4 is 0 Å². The van der Waals surface area contributed by atoms with Crippen LogP contribution in [0.25, 0.3) is 0 Å². The maximum atomic E-state index is 12.8. The molecule has 1 aromatic carbocycles. The van der Waals surface area contributed by atoms with Crippen LogP contribution >= 0.6 is 0 Å². The van der Waals surface area contributed by atoms with Gasteiger partial charge in [-0.3, -0.25) is 0 Å². The molecule has 92 valence electrons. The quantitative estimate of drug-likeness (QED) is 0.770. The monoisotopic (exact) mass is 235 g/mol. The summed E-state index contributed by atoms with van der Waals surface area (Å²) in [6.45, 7) is 1.86. The Bertz CT molecular complexity index is 382. The largest absolute Gasteiger partial charge is 0.394 e. The van der Waals surface area contributed by atoms with Crippen molar-refractivity contribution in [2.24, 2.45) is 0 Å². The van der Waals surface area contributed by atoms with Gasteiger partial charge in [0.25, 0.3) is 0 Å². The molecule has 3 heteroatoms. The fourth-order valence-corrected chi connectivity index (χ4v) is 1.92. The van der Waals surface area contributed by atoms with Gasteiger partial charge in [-0.2, -0.15) is 5.26 Å². The van der Waals surface area contributed by atoms with Crippen molar-refractivity contribution in [1.82, 2.24) is 0 Å². The lowest BCUT2D eigenvalue weighted by atomic mass is 9.78. The molecule has 0 bridgehead atoms. The minimum atomic E-state index is -0.886. The molecule has 17 heavy (non-hydrogen) atoms. The third-order valence-corrected chi connectivity index (χ3v) is 3.09. The number of nitrogens with zero attached hydrogens (tertiary/aromatic N) is 1. The third kappa shape index (κ3) is 3.28. The van der Waals surface area contributed by atoms with Gasteiger partial charge < -0.3 is 5.11 Å². The number of aliphatic hydroxyl groups is 1. The van der Waals surface area contributed by atoms with Crippen LogP contribution in [-0.2, 0) is 5.41 Å². The highest BCUT2D eigenvalue weighted by molar-refractivity contribution is 5.32. The van der Waals surface area contributed by atoms with Crippen LogP contribution in [0.5, 0.6) is 0 Å². The molecule has 1 atom stereocenters. The lowest BCUT2D eigenvalue weighted by molar-refractivity contribution is 0.218. The highest BCUT2D eigenvalue weighted by Gasteiger charge is 2.30. The number of rotatable bonds is 6. The van der Waals surface area contributed by atoms with Gasteiger partial charge in [-0.05, 0) is 24.1 Å². The standard InChI is InChI=1S/C14H18FNO/c1-2-3-4-9-14(10-16,11-17)12-5-7-13(15)8-6-12/h5-8,17H,2-4,9,11H2,1H3. The molecule has 0 heterocycles. The summed E-state index contributed by atoms with van der Waals surface area (Å²) in [7, 11) is 0. The number of unbranched alkanes of at least 4 members (excludes halogenated alkanes) is 2. The zero-order valence-corrected chi connectivity index (χ0v) is 10.1. The maximum absolute atomic E-state index is 12.8. The smallest absolute Gasteiger partial charge is 0.123 e. The maximum Gasteiger partial charge on any atom is 0.123 e. The summed E-state index contributed by atoms with van der Waals surface area (Å²) in [5.41, 5.74) is -0.192. The average molecular weight is 235 g/mol. The van der Waals surface area contributed by atoms with Crippen LogP contribution in [0.1, 0.15) is 38.2 Å². The van der Waals surface area contributed by atoms with E-state index in [1.807, 2.05) is 0 Å². The first-order chi connectivity index (χ1) is 8.18. The summed E-state index contributed by atoms with van der Waals surface area (Å²) in [5, 5.41) is 18.8. The lowest BCUT2D eigenvalue weighted by Crippen LogP contribution is -2.28. The fourth-order valence-electron chi connectivity index (χ4n) is 1.92. The molecule has 0 radical (unpaired) electrons. The molecule has 0 aromatic heterocycles. The van der Waals surface area contributed by atoms with Crippen LogP contribution in [0.4, 0.5) is 4.39 Å². The molecule has 1 unspecified atom stereocenters. The lowest BCUT2D eigenvalue weighted by Gasteiger charge is -2.24. The Labute approximate surface area is 102 Å². The van der Waals surface area contributed by atoms with Gasteiger partial charge in [0.1, 0.15) is 11.2 Å². The van der Waals surface area contributed by atoms with E-state index in [0.29, 0.717) is 12.0 Å². The second-order valence-electron chi connectivity index (χ2n) is 4.32. The third-order valence-electron chi connectivity index (χ3n) is 3.09. The van der Waals surface area contributed by atoms with Gasteiger partial charge in [0.2, 0.25) is 0 Å². The van der Waals surface area contributed by atoms with Crippen molar-refractivity contribution < 1.29 is 9.50 Å². The van der Waals surface area contributed by atoms with Crippen LogP contribution in [0.15, 0.2) is 24.3 Å². The van der Waals surface area contributed by atoms with Crippen molar-refractivity contribution in [3.05, 3.63) is 35.6 Å². The second kappa shape index (κ2) is 6.36. The Balaban J connectivity index is 2.91. The summed E-state index contributed by atoms with van der Waals surface area (Å²) in [6.07, 6.45) is 3.60. The molecule has 0 saturated carbocycles. The van der Waals surface area contributed by atoms with Crippen molar-refractivity contribution in [3.8, 4) is 6.07 Å². The summed E-state index contributed by atoms with van der Waals surface area (Å²) in [6, 6.07) is 8.02. The van der Waals surface area contributed by atoms with Crippen LogP contribution in [0.2, 0.25) is 0 Å². The first-order valence-electron chi connectivity index (χ1n) is 5.96. The van der Waals surface area contributed by atoms with E-state index >= 15 is 0 Å². The van der Waals surface area contributed by atoms with Gasteiger partial charge in [-0.1, -0.05) is 38.3 Å². The van der Waals surface area contributed by atoms with Gasteiger partial charge in [0, 0.05) is 0 Å². The fraction of sp³-hybridized carbons (Fsp3) is 0.500. The minimum absolute atomic E-state index is 0.223. The van der Waals surface area contributed by atoms with Crippen LogP contribution in [-0.4, -0.2) is 11.7 Å². The topological polar surface area (TPSA) is 44.0 Å². The Hall–Kier alpha value is -1.40. The molecular formula is C14H18FNO. The molecule has 0 aliphatic carbocycles. The molecule has 0 fully saturated rings. The SMILES string of the molecule is CCCCCC(C#N)(CO)c1ccc(F)cc1. The van der Waals surface area contributed by atoms with Crippen molar-refractivity contribution in [2.45, 2.75) is 38.0 Å². The molecule has 0 aliphatic heterocycles. The molecular weight excluding hydrogens is 217 g/mol. The number of hydrogen-bond acceptors (Lipinski definition) is 2. The Morgan fingerprint density at radius 3 is 2.41 bits per heavy atom. The van der Waals surface area contributed by atoms with E-state index in [2.05, 4.69) is 13.0 Å². The molecule has 1 aromatic rings. The Morgan fingerprint density at radius 2 is 1.94 bits per heavy atom. The van der Waals surface area contributed by atoms with E-state index in [-0.39, 0.29) is 12.4 Å². The summed E-state index contributed by atoms with van der Waals surface area (Å²) in [5.74, 6) is -0.327. The van der Waals surface area contributed by atoms with E-state index in [4.69, 9.17) is 0 Å². The first kappa shape index (κ1) is 13.7. The Kier molecular flexibility index (Phi) is 5.11. The normalized spacial score (nSPS) is 14.0. The second-order valence-corrected chi connectivity index (χ2v) is 4.32. The predicted molar refractivity (Wildman–Crippen MR) is 64.9 cm³/mol. The van der Waals surface area contributed by atoms with Crippen molar-refractivity contribution in [2.75, 3.05) is 6.61 Å². The zero-order valence-electron chi connectivity index (χ0n) is 10.1. The molecule has 0 amide bonds. The van der Waals surface area contributed by atoms with Crippen LogP contribution < -0.4 is 0 Å². The van der Waals surface area contributed by atoms with Gasteiger partial charge >= 0.3 is 0 Å². The number of hydrogen-bond donors (Lipinski definition) is 1. The van der Waals surface area contributed by atoms with Gasteiger partial charge in [0.05, 0.1) is 12.7 Å². The highest BCUT2D eigenvalue weighted by Crippen LogP contribution is 2.29. The van der Waals surface area contributed by atoms with E-state index in [9.17, 15) is 14.8 Å². The van der Waals surface area contributed by atoms with Crippen LogP contribution in [0.3, 0.4) is 0 Å². The summed E-state index contributed by atoms with van der Waals surface area (Å²) < 4.78 is 12.8. The van der Waals surface area contributed by atoms with Crippen LogP contribution in [0, 0.1) is 17.1 Å². The van der Waals surface area contributed by atoms with Gasteiger partial charge in [0.15, 0.2) is 0 Å². The minimum Gasteiger partial charge on any atom is -0.394 e. The molecule has 1 rings (SSSR count). The average Bonchev–Trinajstić information content (AvgIpc) is 2.37. The van der Waals surface area contributed by atoms with E-state index < -0.39 is 5.41 Å². The Morgan fingerprint density at radius 1 is 1.29 bits per heavy atom. The zero-order chi connectivity index (χ0) is 12.7. The van der Waals surface area contributed by atoms with E-state index in [1.165, 1.54) is 12.1 Å². The summed E-state index contributed by atoms with van der Waals surface area (Å²) in [4.78, 5) is 0. The number of aliphatic hydroxyl groups excluding tert-OH is 1. The number of halogens is 1. The predicted octanol–water partition coefficient (Wildman–Crippen LogP) is 3.16.